The van der Waals surface area contributed by atoms with Gasteiger partial charge in [-0.3, -0.25) is 9.59 Å². The average molecular weight is 531 g/mol. The van der Waals surface area contributed by atoms with E-state index in [-0.39, 0.29) is 10.7 Å². The van der Waals surface area contributed by atoms with Gasteiger partial charge in [-0.25, -0.2) is 4.90 Å². The molecule has 0 atom stereocenters. The lowest BCUT2D eigenvalue weighted by Gasteiger charge is -2.17. The van der Waals surface area contributed by atoms with E-state index in [4.69, 9.17) is 16.3 Å². The van der Waals surface area contributed by atoms with Crippen LogP contribution in [0, 0.1) is 10.5 Å². The van der Waals surface area contributed by atoms with E-state index in [1.807, 2.05) is 49.4 Å². The minimum absolute atomic E-state index is 0.0522. The summed E-state index contributed by atoms with van der Waals surface area (Å²) in [6.45, 7) is 1.85. The molecule has 0 fully saturated rings. The van der Waals surface area contributed by atoms with Crippen LogP contribution >= 0.6 is 34.2 Å². The van der Waals surface area contributed by atoms with E-state index in [1.54, 1.807) is 30.3 Å². The Bertz CT molecular complexity index is 1160. The fraction of sp³-hybridized carbons (Fsp3) is 0.0435. The van der Waals surface area contributed by atoms with E-state index in [2.05, 4.69) is 27.9 Å². The number of anilines is 2. The van der Waals surface area contributed by atoms with E-state index in [1.165, 1.54) is 0 Å². The zero-order chi connectivity index (χ0) is 21.3. The van der Waals surface area contributed by atoms with Crippen LogP contribution in [0.25, 0.3) is 0 Å². The van der Waals surface area contributed by atoms with Crippen LogP contribution in [-0.2, 0) is 9.59 Å². The van der Waals surface area contributed by atoms with Crippen molar-refractivity contribution in [2.24, 2.45) is 0 Å². The maximum atomic E-state index is 13.0. The standard InChI is InChI=1S/C23H16ClIN2O3/c1-14-13-15(25)7-12-19(14)27-22(28)20(24)21(23(27)29)26-16-8-10-18(11-9-16)30-17-5-3-2-4-6-17/h2-13,26H,1H3. The van der Waals surface area contributed by atoms with Crippen LogP contribution in [0.1, 0.15) is 5.56 Å². The van der Waals surface area contributed by atoms with Crippen LogP contribution in [0.3, 0.4) is 0 Å². The van der Waals surface area contributed by atoms with Gasteiger partial charge in [0, 0.05) is 9.26 Å². The van der Waals surface area contributed by atoms with E-state index < -0.39 is 11.8 Å². The number of amides is 2. The SMILES string of the molecule is Cc1cc(I)ccc1N1C(=O)C(Cl)=C(Nc2ccc(Oc3ccccc3)cc2)C1=O. The van der Waals surface area contributed by atoms with Crippen molar-refractivity contribution in [3.63, 3.8) is 0 Å². The van der Waals surface area contributed by atoms with Gasteiger partial charge in [-0.15, -0.1) is 0 Å². The van der Waals surface area contributed by atoms with Gasteiger partial charge in [0.2, 0.25) is 0 Å². The molecule has 4 rings (SSSR count). The summed E-state index contributed by atoms with van der Waals surface area (Å²) in [7, 11) is 0. The molecule has 150 valence electrons. The van der Waals surface area contributed by atoms with Gasteiger partial charge in [-0.05, 0) is 89.7 Å². The van der Waals surface area contributed by atoms with Crippen molar-refractivity contribution in [2.75, 3.05) is 10.2 Å². The minimum atomic E-state index is -0.544. The summed E-state index contributed by atoms with van der Waals surface area (Å²) >= 11 is 8.40. The first-order valence-corrected chi connectivity index (χ1v) is 10.5. The van der Waals surface area contributed by atoms with Crippen molar-refractivity contribution in [3.8, 4) is 11.5 Å². The topological polar surface area (TPSA) is 58.6 Å². The highest BCUT2D eigenvalue weighted by molar-refractivity contribution is 14.1. The number of ether oxygens (including phenoxy) is 1. The van der Waals surface area contributed by atoms with Crippen molar-refractivity contribution in [1.82, 2.24) is 0 Å². The van der Waals surface area contributed by atoms with Gasteiger partial charge in [0.15, 0.2) is 0 Å². The zero-order valence-corrected chi connectivity index (χ0v) is 18.8. The first-order valence-electron chi connectivity index (χ1n) is 9.09. The molecule has 1 heterocycles. The summed E-state index contributed by atoms with van der Waals surface area (Å²) in [5, 5.41) is 2.83. The molecule has 7 heteroatoms. The molecule has 1 aliphatic heterocycles. The number of imide groups is 1. The van der Waals surface area contributed by atoms with Crippen molar-refractivity contribution < 1.29 is 14.3 Å². The lowest BCUT2D eigenvalue weighted by atomic mass is 10.2. The molecule has 3 aromatic rings. The average Bonchev–Trinajstić information content (AvgIpc) is 2.94. The lowest BCUT2D eigenvalue weighted by Crippen LogP contribution is -2.32. The molecule has 2 amide bonds. The predicted octanol–water partition coefficient (Wildman–Crippen LogP) is 5.83. The third-order valence-electron chi connectivity index (χ3n) is 4.53. The van der Waals surface area contributed by atoms with Gasteiger partial charge in [0.1, 0.15) is 22.2 Å². The van der Waals surface area contributed by atoms with Gasteiger partial charge < -0.3 is 10.1 Å². The Morgan fingerprint density at radius 3 is 2.23 bits per heavy atom. The number of carbonyl (C=O) groups is 2. The number of para-hydroxylation sites is 1. The third-order valence-corrected chi connectivity index (χ3v) is 5.55. The van der Waals surface area contributed by atoms with Crippen LogP contribution in [0.2, 0.25) is 0 Å². The summed E-state index contributed by atoms with van der Waals surface area (Å²) in [5.41, 5.74) is 2.01. The number of hydrogen-bond donors (Lipinski definition) is 1. The summed E-state index contributed by atoms with van der Waals surface area (Å²) in [6.07, 6.45) is 0. The van der Waals surface area contributed by atoms with Crippen molar-refractivity contribution in [2.45, 2.75) is 6.92 Å². The molecular formula is C23H16ClIN2O3. The summed E-state index contributed by atoms with van der Waals surface area (Å²) in [6, 6.07) is 22.0. The normalized spacial score (nSPS) is 13.8. The predicted molar refractivity (Wildman–Crippen MR) is 126 cm³/mol. The minimum Gasteiger partial charge on any atom is -0.457 e. The molecule has 0 unspecified atom stereocenters. The molecule has 0 aliphatic carbocycles. The van der Waals surface area contributed by atoms with Crippen LogP contribution in [0.4, 0.5) is 11.4 Å². The number of rotatable bonds is 5. The van der Waals surface area contributed by atoms with Gasteiger partial charge in [0.25, 0.3) is 11.8 Å². The zero-order valence-electron chi connectivity index (χ0n) is 15.9. The maximum absolute atomic E-state index is 13.0. The number of nitrogens with one attached hydrogen (secondary N) is 1. The van der Waals surface area contributed by atoms with Crippen molar-refractivity contribution in [3.05, 3.63) is 92.7 Å². The molecule has 0 aromatic heterocycles. The quantitative estimate of drug-likeness (QED) is 0.333. The van der Waals surface area contributed by atoms with E-state index in [0.29, 0.717) is 17.1 Å². The summed E-state index contributed by atoms with van der Waals surface area (Å²) in [5.74, 6) is 0.345. The van der Waals surface area contributed by atoms with Crippen LogP contribution < -0.4 is 15.0 Å². The monoisotopic (exact) mass is 530 g/mol. The molecule has 5 nitrogen and oxygen atoms in total. The molecule has 1 N–H and O–H groups in total. The van der Waals surface area contributed by atoms with Gasteiger partial charge in [-0.1, -0.05) is 29.8 Å². The Morgan fingerprint density at radius 2 is 1.57 bits per heavy atom. The Kier molecular flexibility index (Phi) is 5.78. The number of nitrogens with zero attached hydrogens (tertiary/aromatic N) is 1. The maximum Gasteiger partial charge on any atom is 0.283 e. The number of halogens is 2. The lowest BCUT2D eigenvalue weighted by molar-refractivity contribution is -0.120. The highest BCUT2D eigenvalue weighted by atomic mass is 127. The van der Waals surface area contributed by atoms with E-state index in [0.717, 1.165) is 19.8 Å². The van der Waals surface area contributed by atoms with Crippen molar-refractivity contribution in [1.29, 1.82) is 0 Å². The molecule has 0 bridgehead atoms. The number of aryl methyl sites for hydroxylation is 1. The van der Waals surface area contributed by atoms with Gasteiger partial charge in [0.05, 0.1) is 5.69 Å². The van der Waals surface area contributed by atoms with Crippen LogP contribution in [0.5, 0.6) is 11.5 Å². The molecule has 30 heavy (non-hydrogen) atoms. The highest BCUT2D eigenvalue weighted by Gasteiger charge is 2.39. The fourth-order valence-electron chi connectivity index (χ4n) is 3.08. The summed E-state index contributed by atoms with van der Waals surface area (Å²) in [4.78, 5) is 26.7. The molecule has 3 aromatic carbocycles. The second kappa shape index (κ2) is 8.49. The summed E-state index contributed by atoms with van der Waals surface area (Å²) < 4.78 is 6.78. The second-order valence-corrected chi connectivity index (χ2v) is 8.25. The fourth-order valence-corrected chi connectivity index (χ4v) is 3.93. The Labute approximate surface area is 192 Å². The third kappa shape index (κ3) is 4.06. The highest BCUT2D eigenvalue weighted by Crippen LogP contribution is 2.33. The van der Waals surface area contributed by atoms with Crippen LogP contribution in [-0.4, -0.2) is 11.8 Å². The first-order chi connectivity index (χ1) is 14.4. The first kappa shape index (κ1) is 20.4. The molecule has 0 saturated carbocycles. The molecular weight excluding hydrogens is 515 g/mol. The van der Waals surface area contributed by atoms with E-state index >= 15 is 0 Å². The number of hydrogen-bond acceptors (Lipinski definition) is 4. The van der Waals surface area contributed by atoms with Crippen LogP contribution in [0.15, 0.2) is 83.5 Å². The van der Waals surface area contributed by atoms with Crippen molar-refractivity contribution >= 4 is 57.4 Å². The number of carbonyl (C=O) groups excluding carboxylic acids is 2. The smallest absolute Gasteiger partial charge is 0.283 e. The van der Waals surface area contributed by atoms with Gasteiger partial charge >= 0.3 is 0 Å². The molecule has 0 saturated heterocycles. The Morgan fingerprint density at radius 1 is 0.900 bits per heavy atom. The van der Waals surface area contributed by atoms with E-state index in [9.17, 15) is 9.59 Å². The largest absolute Gasteiger partial charge is 0.457 e. The number of benzene rings is 3. The molecule has 0 spiro atoms. The Hall–Kier alpha value is -2.84. The molecule has 1 aliphatic rings. The Balaban J connectivity index is 1.53. The molecule has 0 radical (unpaired) electrons. The van der Waals surface area contributed by atoms with Gasteiger partial charge in [-0.2, -0.15) is 0 Å². The second-order valence-electron chi connectivity index (χ2n) is 6.63.